The molecule has 24 heavy (non-hydrogen) atoms. The summed E-state index contributed by atoms with van der Waals surface area (Å²) >= 11 is 0. The van der Waals surface area contributed by atoms with Crippen LogP contribution in [-0.2, 0) is 4.74 Å². The summed E-state index contributed by atoms with van der Waals surface area (Å²) in [4.78, 5) is 35.7. The number of aromatic carboxylic acids is 1. The molecule has 0 atom stereocenters. The van der Waals surface area contributed by atoms with E-state index in [9.17, 15) is 14.4 Å². The molecule has 118 valence electrons. The van der Waals surface area contributed by atoms with Gasteiger partial charge in [0, 0.05) is 0 Å². The first-order valence-corrected chi connectivity index (χ1v) is 7.14. The van der Waals surface area contributed by atoms with Gasteiger partial charge in [0.25, 0.3) is 0 Å². The number of ether oxygens (including phenoxy) is 1. The van der Waals surface area contributed by atoms with Crippen molar-refractivity contribution in [2.24, 2.45) is 0 Å². The highest BCUT2D eigenvalue weighted by Crippen LogP contribution is 2.20. The van der Waals surface area contributed by atoms with Crippen LogP contribution < -0.4 is 0 Å². The van der Waals surface area contributed by atoms with Gasteiger partial charge in [0.1, 0.15) is 0 Å². The number of hydrogen-bond donors (Lipinski definition) is 1. The van der Waals surface area contributed by atoms with Gasteiger partial charge in [-0.3, -0.25) is 0 Å². The molecule has 5 nitrogen and oxygen atoms in total. The van der Waals surface area contributed by atoms with Crippen LogP contribution in [0.5, 0.6) is 0 Å². The Morgan fingerprint density at radius 2 is 1.21 bits per heavy atom. The zero-order valence-corrected chi connectivity index (χ0v) is 12.4. The molecule has 0 aliphatic carbocycles. The zero-order valence-electron chi connectivity index (χ0n) is 12.4. The number of carboxylic acids is 1. The molecule has 0 bridgehead atoms. The number of rotatable bonds is 3. The second-order valence-corrected chi connectivity index (χ2v) is 5.05. The summed E-state index contributed by atoms with van der Waals surface area (Å²) in [7, 11) is 0. The molecular weight excluding hydrogens is 308 g/mol. The van der Waals surface area contributed by atoms with Gasteiger partial charge < -0.3 is 9.84 Å². The summed E-state index contributed by atoms with van der Waals surface area (Å²) in [5.74, 6) is -3.08. The number of hydrogen-bond acceptors (Lipinski definition) is 4. The number of esters is 2. The van der Waals surface area contributed by atoms with Crippen LogP contribution in [0.1, 0.15) is 31.1 Å². The van der Waals surface area contributed by atoms with Gasteiger partial charge in [-0.15, -0.1) is 0 Å². The lowest BCUT2D eigenvalue weighted by molar-refractivity contribution is 0.0393. The van der Waals surface area contributed by atoms with Crippen LogP contribution in [0.3, 0.4) is 0 Å². The van der Waals surface area contributed by atoms with E-state index in [4.69, 9.17) is 9.84 Å². The minimum absolute atomic E-state index is 0.168. The third-order valence-corrected chi connectivity index (χ3v) is 3.57. The third kappa shape index (κ3) is 2.87. The third-order valence-electron chi connectivity index (χ3n) is 3.57. The first kappa shape index (κ1) is 15.4. The number of fused-ring (bicyclic) bond motifs is 1. The normalized spacial score (nSPS) is 10.3. The molecule has 0 saturated carbocycles. The Bertz CT molecular complexity index is 953. The van der Waals surface area contributed by atoms with Crippen molar-refractivity contribution in [3.05, 3.63) is 83.4 Å². The maximum absolute atomic E-state index is 12.3. The summed E-state index contributed by atoms with van der Waals surface area (Å²) < 4.78 is 4.88. The molecule has 1 N–H and O–H groups in total. The SMILES string of the molecule is O=C(O)c1ccccc1C(=O)OC(=O)c1cccc2ccccc12. The topological polar surface area (TPSA) is 80.7 Å². The number of benzene rings is 3. The average Bonchev–Trinajstić information content (AvgIpc) is 2.61. The second-order valence-electron chi connectivity index (χ2n) is 5.05. The average molecular weight is 320 g/mol. The standard InChI is InChI=1S/C19H12O5/c20-17(21)14-9-3-4-10-16(14)19(23)24-18(22)15-11-5-7-12-6-1-2-8-13(12)15/h1-11H,(H,20,21). The van der Waals surface area contributed by atoms with Crippen molar-refractivity contribution in [2.45, 2.75) is 0 Å². The van der Waals surface area contributed by atoms with Crippen molar-refractivity contribution >= 4 is 28.7 Å². The molecule has 5 heteroatoms. The minimum Gasteiger partial charge on any atom is -0.478 e. The molecule has 3 rings (SSSR count). The van der Waals surface area contributed by atoms with Gasteiger partial charge in [0.05, 0.1) is 16.7 Å². The van der Waals surface area contributed by atoms with Gasteiger partial charge in [-0.25, -0.2) is 14.4 Å². The molecule has 0 amide bonds. The van der Waals surface area contributed by atoms with Crippen LogP contribution >= 0.6 is 0 Å². The Balaban J connectivity index is 1.92. The summed E-state index contributed by atoms with van der Waals surface area (Å²) in [5.41, 5.74) is -0.138. The fraction of sp³-hybridized carbons (Fsp3) is 0. The van der Waals surface area contributed by atoms with E-state index in [1.54, 1.807) is 24.3 Å². The summed E-state index contributed by atoms with van der Waals surface area (Å²) in [6, 6.07) is 17.9. The van der Waals surface area contributed by atoms with Crippen molar-refractivity contribution in [2.75, 3.05) is 0 Å². The fourth-order valence-corrected chi connectivity index (χ4v) is 2.45. The van der Waals surface area contributed by atoms with Gasteiger partial charge >= 0.3 is 17.9 Å². The zero-order chi connectivity index (χ0) is 17.1. The maximum atomic E-state index is 12.3. The molecule has 0 aliphatic heterocycles. The van der Waals surface area contributed by atoms with Crippen molar-refractivity contribution in [1.29, 1.82) is 0 Å². The lowest BCUT2D eigenvalue weighted by Gasteiger charge is -2.07. The van der Waals surface area contributed by atoms with Crippen molar-refractivity contribution in [3.63, 3.8) is 0 Å². The van der Waals surface area contributed by atoms with Gasteiger partial charge in [0.15, 0.2) is 0 Å². The quantitative estimate of drug-likeness (QED) is 0.590. The van der Waals surface area contributed by atoms with Crippen LogP contribution in [0, 0.1) is 0 Å². The number of carbonyl (C=O) groups is 3. The Hall–Kier alpha value is -3.47. The molecule has 0 fully saturated rings. The molecule has 3 aromatic carbocycles. The number of carboxylic acid groups (broad SMARTS) is 1. The summed E-state index contributed by atoms with van der Waals surface area (Å²) in [6.07, 6.45) is 0. The van der Waals surface area contributed by atoms with Gasteiger partial charge in [-0.05, 0) is 29.0 Å². The first-order valence-electron chi connectivity index (χ1n) is 7.14. The molecule has 0 radical (unpaired) electrons. The second kappa shape index (κ2) is 6.34. The smallest absolute Gasteiger partial charge is 0.346 e. The number of carbonyl (C=O) groups excluding carboxylic acids is 2. The van der Waals surface area contributed by atoms with Gasteiger partial charge in [-0.2, -0.15) is 0 Å². The molecule has 0 spiro atoms. The Kier molecular flexibility index (Phi) is 4.07. The van der Waals surface area contributed by atoms with E-state index in [1.807, 2.05) is 18.2 Å². The van der Waals surface area contributed by atoms with Crippen molar-refractivity contribution < 1.29 is 24.2 Å². The minimum atomic E-state index is -1.26. The van der Waals surface area contributed by atoms with Gasteiger partial charge in [0.2, 0.25) is 0 Å². The van der Waals surface area contributed by atoms with Crippen LogP contribution in [0.2, 0.25) is 0 Å². The van der Waals surface area contributed by atoms with Gasteiger partial charge in [-0.1, -0.05) is 48.5 Å². The molecule has 0 unspecified atom stereocenters. The lowest BCUT2D eigenvalue weighted by atomic mass is 10.0. The predicted molar refractivity (Wildman–Crippen MR) is 87.1 cm³/mol. The maximum Gasteiger partial charge on any atom is 0.346 e. The highest BCUT2D eigenvalue weighted by Gasteiger charge is 2.21. The molecular formula is C19H12O5. The molecule has 0 heterocycles. The van der Waals surface area contributed by atoms with E-state index < -0.39 is 17.9 Å². The Morgan fingerprint density at radius 3 is 1.96 bits per heavy atom. The van der Waals surface area contributed by atoms with E-state index >= 15 is 0 Å². The largest absolute Gasteiger partial charge is 0.478 e. The molecule has 3 aromatic rings. The summed E-state index contributed by atoms with van der Waals surface area (Å²) in [5, 5.41) is 10.6. The van der Waals surface area contributed by atoms with Crippen LogP contribution in [0.25, 0.3) is 10.8 Å². The molecule has 0 aromatic heterocycles. The molecule has 0 aliphatic rings. The van der Waals surface area contributed by atoms with Crippen LogP contribution in [0.4, 0.5) is 0 Å². The van der Waals surface area contributed by atoms with E-state index in [-0.39, 0.29) is 16.7 Å². The monoisotopic (exact) mass is 320 g/mol. The fourth-order valence-electron chi connectivity index (χ4n) is 2.45. The highest BCUT2D eigenvalue weighted by atomic mass is 16.6. The van der Waals surface area contributed by atoms with Crippen molar-refractivity contribution in [1.82, 2.24) is 0 Å². The van der Waals surface area contributed by atoms with Crippen LogP contribution in [-0.4, -0.2) is 23.0 Å². The van der Waals surface area contributed by atoms with Crippen molar-refractivity contribution in [3.8, 4) is 0 Å². The van der Waals surface area contributed by atoms with E-state index in [0.29, 0.717) is 5.39 Å². The predicted octanol–water partition coefficient (Wildman–Crippen LogP) is 3.54. The summed E-state index contributed by atoms with van der Waals surface area (Å²) in [6.45, 7) is 0. The van der Waals surface area contributed by atoms with E-state index in [1.165, 1.54) is 24.3 Å². The first-order chi connectivity index (χ1) is 11.6. The van der Waals surface area contributed by atoms with E-state index in [2.05, 4.69) is 0 Å². The Morgan fingerprint density at radius 1 is 0.667 bits per heavy atom. The van der Waals surface area contributed by atoms with Crippen LogP contribution in [0.15, 0.2) is 66.7 Å². The van der Waals surface area contributed by atoms with E-state index in [0.717, 1.165) is 5.39 Å². The Labute approximate surface area is 137 Å². The molecule has 0 saturated heterocycles. The lowest BCUT2D eigenvalue weighted by Crippen LogP contribution is -2.16. The highest BCUT2D eigenvalue weighted by molar-refractivity contribution is 6.11.